The summed E-state index contributed by atoms with van der Waals surface area (Å²) < 4.78 is 28.3. The standard InChI is InChI=1S/C23H18F2N4OS/c24-18-5-3-16(4-6-18)21(30)2-1-15-31-23-28-27-22(17-11-13-26-14-12-17)29(23)20-9-7-19(25)8-10-20/h3-14H,1-2,15H2. The highest BCUT2D eigenvalue weighted by Crippen LogP contribution is 2.28. The summed E-state index contributed by atoms with van der Waals surface area (Å²) in [6.07, 6.45) is 4.32. The lowest BCUT2D eigenvalue weighted by Gasteiger charge is -2.10. The van der Waals surface area contributed by atoms with Gasteiger partial charge in [0.1, 0.15) is 11.6 Å². The van der Waals surface area contributed by atoms with Gasteiger partial charge < -0.3 is 0 Å². The van der Waals surface area contributed by atoms with Gasteiger partial charge in [0.15, 0.2) is 16.8 Å². The molecular weight excluding hydrogens is 418 g/mol. The van der Waals surface area contributed by atoms with Gasteiger partial charge in [-0.2, -0.15) is 0 Å². The summed E-state index contributed by atoms with van der Waals surface area (Å²) in [7, 11) is 0. The molecule has 0 saturated heterocycles. The van der Waals surface area contributed by atoms with E-state index in [9.17, 15) is 13.6 Å². The fourth-order valence-corrected chi connectivity index (χ4v) is 3.94. The molecule has 0 saturated carbocycles. The smallest absolute Gasteiger partial charge is 0.196 e. The number of hydrogen-bond acceptors (Lipinski definition) is 5. The molecule has 0 spiro atoms. The zero-order chi connectivity index (χ0) is 21.6. The van der Waals surface area contributed by atoms with Crippen molar-refractivity contribution in [1.82, 2.24) is 19.7 Å². The second-order valence-electron chi connectivity index (χ2n) is 6.74. The molecule has 4 aromatic rings. The van der Waals surface area contributed by atoms with Crippen LogP contribution in [0.4, 0.5) is 8.78 Å². The maximum atomic E-state index is 13.4. The van der Waals surface area contributed by atoms with Crippen molar-refractivity contribution in [2.75, 3.05) is 5.75 Å². The molecule has 0 fully saturated rings. The Hall–Kier alpha value is -3.39. The van der Waals surface area contributed by atoms with Crippen molar-refractivity contribution >= 4 is 17.5 Å². The van der Waals surface area contributed by atoms with E-state index >= 15 is 0 Å². The second kappa shape index (κ2) is 9.61. The number of aromatic nitrogens is 4. The highest BCUT2D eigenvalue weighted by Gasteiger charge is 2.16. The minimum atomic E-state index is -0.364. The van der Waals surface area contributed by atoms with Gasteiger partial charge in [-0.3, -0.25) is 14.3 Å². The second-order valence-corrected chi connectivity index (χ2v) is 7.80. The van der Waals surface area contributed by atoms with Gasteiger partial charge in [-0.15, -0.1) is 10.2 Å². The SMILES string of the molecule is O=C(CCCSc1nnc(-c2ccncc2)n1-c1ccc(F)cc1)c1ccc(F)cc1. The van der Waals surface area contributed by atoms with Crippen molar-refractivity contribution in [1.29, 1.82) is 0 Å². The molecule has 2 aromatic carbocycles. The van der Waals surface area contributed by atoms with Gasteiger partial charge in [0.25, 0.3) is 0 Å². The number of carbonyl (C=O) groups excluding carboxylic acids is 1. The summed E-state index contributed by atoms with van der Waals surface area (Å²) in [5.41, 5.74) is 2.08. The fraction of sp³-hybridized carbons (Fsp3) is 0.130. The quantitative estimate of drug-likeness (QED) is 0.211. The lowest BCUT2D eigenvalue weighted by molar-refractivity contribution is 0.0982. The molecular formula is C23H18F2N4OS. The molecule has 0 radical (unpaired) electrons. The molecule has 0 aliphatic carbocycles. The third-order valence-electron chi connectivity index (χ3n) is 4.60. The van der Waals surface area contributed by atoms with E-state index in [1.165, 1.54) is 48.2 Å². The summed E-state index contributed by atoms with van der Waals surface area (Å²) in [6, 6.07) is 15.4. The maximum Gasteiger partial charge on any atom is 0.196 e. The topological polar surface area (TPSA) is 60.7 Å². The maximum absolute atomic E-state index is 13.4. The normalized spacial score (nSPS) is 10.9. The first-order valence-electron chi connectivity index (χ1n) is 9.65. The highest BCUT2D eigenvalue weighted by molar-refractivity contribution is 7.99. The van der Waals surface area contributed by atoms with Gasteiger partial charge in [0.05, 0.1) is 0 Å². The van der Waals surface area contributed by atoms with Crippen molar-refractivity contribution in [3.63, 3.8) is 0 Å². The first kappa shape index (κ1) is 20.9. The van der Waals surface area contributed by atoms with Crippen LogP contribution in [0.25, 0.3) is 17.1 Å². The van der Waals surface area contributed by atoms with E-state index in [1.807, 2.05) is 16.7 Å². The Morgan fingerprint density at radius 1 is 0.871 bits per heavy atom. The van der Waals surface area contributed by atoms with Crippen LogP contribution >= 0.6 is 11.8 Å². The molecule has 0 bridgehead atoms. The number of benzene rings is 2. The monoisotopic (exact) mass is 436 g/mol. The Morgan fingerprint density at radius 2 is 1.52 bits per heavy atom. The van der Waals surface area contributed by atoms with Gasteiger partial charge in [0, 0.05) is 41.4 Å². The van der Waals surface area contributed by atoms with Gasteiger partial charge in [-0.1, -0.05) is 11.8 Å². The van der Waals surface area contributed by atoms with E-state index in [0.29, 0.717) is 35.1 Å². The highest BCUT2D eigenvalue weighted by atomic mass is 32.2. The summed E-state index contributed by atoms with van der Waals surface area (Å²) in [4.78, 5) is 16.3. The predicted octanol–water partition coefficient (Wildman–Crippen LogP) is 5.36. The van der Waals surface area contributed by atoms with Crippen LogP contribution in [-0.4, -0.2) is 31.3 Å². The molecule has 8 heteroatoms. The molecule has 0 aliphatic rings. The number of rotatable bonds is 8. The summed E-state index contributed by atoms with van der Waals surface area (Å²) in [5.74, 6) is 0.549. The third kappa shape index (κ3) is 5.03. The molecule has 0 unspecified atom stereocenters. The predicted molar refractivity (Wildman–Crippen MR) is 115 cm³/mol. The van der Waals surface area contributed by atoms with E-state index < -0.39 is 0 Å². The van der Waals surface area contributed by atoms with Crippen molar-refractivity contribution in [2.24, 2.45) is 0 Å². The van der Waals surface area contributed by atoms with Crippen LogP contribution in [-0.2, 0) is 0 Å². The third-order valence-corrected chi connectivity index (χ3v) is 5.62. The Balaban J connectivity index is 1.49. The Morgan fingerprint density at radius 3 is 2.19 bits per heavy atom. The van der Waals surface area contributed by atoms with Crippen LogP contribution < -0.4 is 0 Å². The van der Waals surface area contributed by atoms with Crippen LogP contribution in [0.5, 0.6) is 0 Å². The summed E-state index contributed by atoms with van der Waals surface area (Å²) >= 11 is 1.47. The zero-order valence-corrected chi connectivity index (χ0v) is 17.2. The van der Waals surface area contributed by atoms with E-state index in [0.717, 1.165) is 11.3 Å². The minimum absolute atomic E-state index is 0.0296. The number of ketones is 1. The molecule has 0 N–H and O–H groups in total. The Kier molecular flexibility index (Phi) is 6.47. The van der Waals surface area contributed by atoms with Gasteiger partial charge >= 0.3 is 0 Å². The number of carbonyl (C=O) groups is 1. The molecule has 156 valence electrons. The van der Waals surface area contributed by atoms with Gasteiger partial charge in [-0.05, 0) is 67.1 Å². The molecule has 2 aromatic heterocycles. The minimum Gasteiger partial charge on any atom is -0.294 e. The summed E-state index contributed by atoms with van der Waals surface area (Å²) in [5, 5.41) is 9.28. The molecule has 31 heavy (non-hydrogen) atoms. The molecule has 0 aliphatic heterocycles. The van der Waals surface area contributed by atoms with Crippen LogP contribution in [0, 0.1) is 11.6 Å². The van der Waals surface area contributed by atoms with Crippen LogP contribution in [0.15, 0.2) is 78.2 Å². The number of halogens is 2. The number of pyridine rings is 1. The lowest BCUT2D eigenvalue weighted by atomic mass is 10.1. The van der Waals surface area contributed by atoms with Crippen LogP contribution in [0.3, 0.4) is 0 Å². The molecule has 0 atom stereocenters. The Bertz CT molecular complexity index is 1160. The van der Waals surface area contributed by atoms with E-state index in [-0.39, 0.29) is 17.4 Å². The largest absolute Gasteiger partial charge is 0.294 e. The molecule has 5 nitrogen and oxygen atoms in total. The summed E-state index contributed by atoms with van der Waals surface area (Å²) in [6.45, 7) is 0. The molecule has 2 heterocycles. The number of Topliss-reactive ketones (excluding diaryl/α,β-unsaturated/α-hetero) is 1. The molecule has 4 rings (SSSR count). The fourth-order valence-electron chi connectivity index (χ4n) is 3.05. The van der Waals surface area contributed by atoms with Crippen molar-refractivity contribution in [3.05, 3.63) is 90.3 Å². The van der Waals surface area contributed by atoms with Crippen LogP contribution in [0.2, 0.25) is 0 Å². The van der Waals surface area contributed by atoms with Gasteiger partial charge in [0.2, 0.25) is 0 Å². The zero-order valence-electron chi connectivity index (χ0n) is 16.4. The Labute approximate surface area is 182 Å². The number of thioether (sulfide) groups is 1. The van der Waals surface area contributed by atoms with E-state index in [1.54, 1.807) is 24.5 Å². The van der Waals surface area contributed by atoms with Gasteiger partial charge in [-0.25, -0.2) is 8.78 Å². The number of hydrogen-bond donors (Lipinski definition) is 0. The first-order valence-corrected chi connectivity index (χ1v) is 10.6. The van der Waals surface area contributed by atoms with E-state index in [2.05, 4.69) is 15.2 Å². The van der Waals surface area contributed by atoms with Crippen molar-refractivity contribution in [2.45, 2.75) is 18.0 Å². The average Bonchev–Trinajstić information content (AvgIpc) is 3.22. The van der Waals surface area contributed by atoms with E-state index in [4.69, 9.17) is 0 Å². The molecule has 0 amide bonds. The van der Waals surface area contributed by atoms with Crippen molar-refractivity contribution < 1.29 is 13.6 Å². The number of nitrogens with zero attached hydrogens (tertiary/aromatic N) is 4. The first-order chi connectivity index (χ1) is 15.1. The van der Waals surface area contributed by atoms with Crippen molar-refractivity contribution in [3.8, 4) is 17.1 Å². The average molecular weight is 436 g/mol. The van der Waals surface area contributed by atoms with Crippen LogP contribution in [0.1, 0.15) is 23.2 Å². The lowest BCUT2D eigenvalue weighted by Crippen LogP contribution is -2.02.